The van der Waals surface area contributed by atoms with Crippen LogP contribution < -0.4 is 10.6 Å². The maximum Gasteiger partial charge on any atom is 0.216 e. The molecule has 1 heterocycles. The van der Waals surface area contributed by atoms with Gasteiger partial charge in [-0.25, -0.2) is 0 Å². The standard InChI is InChI=1S/C17H33N3O/c1-3-5-16-10-17(19-11-15-6-4-7-15)13-20(12-16)9-8-18-14(2)21/h15-17,19H,3-13H2,1-2H3,(H,18,21). The van der Waals surface area contributed by atoms with E-state index in [-0.39, 0.29) is 5.91 Å². The minimum atomic E-state index is 0.0803. The summed E-state index contributed by atoms with van der Waals surface area (Å²) in [5, 5.41) is 6.73. The van der Waals surface area contributed by atoms with E-state index in [1.54, 1.807) is 6.92 Å². The first-order valence-electron chi connectivity index (χ1n) is 8.87. The minimum Gasteiger partial charge on any atom is -0.355 e. The number of likely N-dealkylation sites (tertiary alicyclic amines) is 1. The number of hydrogen-bond donors (Lipinski definition) is 2. The molecule has 0 spiro atoms. The number of nitrogens with one attached hydrogen (secondary N) is 2. The summed E-state index contributed by atoms with van der Waals surface area (Å²) in [4.78, 5) is 13.5. The van der Waals surface area contributed by atoms with Crippen LogP contribution in [0.5, 0.6) is 0 Å². The molecule has 2 rings (SSSR count). The van der Waals surface area contributed by atoms with Crippen molar-refractivity contribution < 1.29 is 4.79 Å². The van der Waals surface area contributed by atoms with Crippen molar-refractivity contribution in [2.24, 2.45) is 11.8 Å². The Bertz CT molecular complexity index is 317. The molecule has 122 valence electrons. The molecule has 2 aliphatic rings. The van der Waals surface area contributed by atoms with Gasteiger partial charge < -0.3 is 10.6 Å². The Morgan fingerprint density at radius 1 is 1.24 bits per heavy atom. The van der Waals surface area contributed by atoms with Crippen LogP contribution in [0.2, 0.25) is 0 Å². The van der Waals surface area contributed by atoms with Gasteiger partial charge in [0.1, 0.15) is 0 Å². The van der Waals surface area contributed by atoms with Crippen LogP contribution in [0.3, 0.4) is 0 Å². The summed E-state index contributed by atoms with van der Waals surface area (Å²) in [6, 6.07) is 0.647. The number of rotatable bonds is 8. The van der Waals surface area contributed by atoms with Crippen LogP contribution >= 0.6 is 0 Å². The zero-order valence-corrected chi connectivity index (χ0v) is 13.9. The molecule has 1 aliphatic carbocycles. The second-order valence-electron chi connectivity index (χ2n) is 7.04. The van der Waals surface area contributed by atoms with Gasteiger partial charge in [-0.15, -0.1) is 0 Å². The number of carbonyl (C=O) groups is 1. The molecule has 4 nitrogen and oxygen atoms in total. The van der Waals surface area contributed by atoms with E-state index in [0.29, 0.717) is 6.04 Å². The van der Waals surface area contributed by atoms with Gasteiger partial charge in [0, 0.05) is 39.1 Å². The Balaban J connectivity index is 1.74. The number of amides is 1. The number of nitrogens with zero attached hydrogens (tertiary/aromatic N) is 1. The van der Waals surface area contributed by atoms with E-state index >= 15 is 0 Å². The smallest absolute Gasteiger partial charge is 0.216 e. The molecule has 2 N–H and O–H groups in total. The lowest BCUT2D eigenvalue weighted by molar-refractivity contribution is -0.119. The van der Waals surface area contributed by atoms with Gasteiger partial charge in [-0.3, -0.25) is 9.69 Å². The van der Waals surface area contributed by atoms with Gasteiger partial charge in [-0.05, 0) is 44.1 Å². The van der Waals surface area contributed by atoms with E-state index < -0.39 is 0 Å². The van der Waals surface area contributed by atoms with Gasteiger partial charge in [0.25, 0.3) is 0 Å². The van der Waals surface area contributed by atoms with Crippen molar-refractivity contribution in [3.8, 4) is 0 Å². The molecular formula is C17H33N3O. The van der Waals surface area contributed by atoms with Crippen molar-refractivity contribution in [1.82, 2.24) is 15.5 Å². The van der Waals surface area contributed by atoms with Gasteiger partial charge in [0.2, 0.25) is 5.91 Å². The van der Waals surface area contributed by atoms with E-state index in [0.717, 1.165) is 31.5 Å². The average molecular weight is 295 g/mol. The zero-order chi connectivity index (χ0) is 15.1. The van der Waals surface area contributed by atoms with E-state index in [1.165, 1.54) is 51.6 Å². The third-order valence-corrected chi connectivity index (χ3v) is 5.03. The van der Waals surface area contributed by atoms with Gasteiger partial charge in [0.05, 0.1) is 0 Å². The van der Waals surface area contributed by atoms with Crippen molar-refractivity contribution in [3.63, 3.8) is 0 Å². The number of piperidine rings is 1. The fourth-order valence-electron chi connectivity index (χ4n) is 3.67. The predicted molar refractivity (Wildman–Crippen MR) is 87.3 cm³/mol. The summed E-state index contributed by atoms with van der Waals surface area (Å²) in [7, 11) is 0. The maximum absolute atomic E-state index is 11.0. The topological polar surface area (TPSA) is 44.4 Å². The van der Waals surface area contributed by atoms with E-state index in [9.17, 15) is 4.79 Å². The van der Waals surface area contributed by atoms with Crippen molar-refractivity contribution in [3.05, 3.63) is 0 Å². The summed E-state index contributed by atoms with van der Waals surface area (Å²) in [6.07, 6.45) is 8.21. The lowest BCUT2D eigenvalue weighted by Gasteiger charge is -2.39. The van der Waals surface area contributed by atoms with Crippen LogP contribution in [0, 0.1) is 11.8 Å². The summed E-state index contributed by atoms with van der Waals surface area (Å²) < 4.78 is 0. The summed E-state index contributed by atoms with van der Waals surface area (Å²) >= 11 is 0. The molecule has 1 saturated heterocycles. The Morgan fingerprint density at radius 3 is 2.67 bits per heavy atom. The second-order valence-corrected chi connectivity index (χ2v) is 7.04. The normalized spacial score (nSPS) is 27.3. The molecule has 4 heteroatoms. The largest absolute Gasteiger partial charge is 0.355 e. The second kappa shape index (κ2) is 8.74. The number of hydrogen-bond acceptors (Lipinski definition) is 3. The van der Waals surface area contributed by atoms with Gasteiger partial charge in [-0.1, -0.05) is 19.8 Å². The van der Waals surface area contributed by atoms with Crippen LogP contribution in [0.15, 0.2) is 0 Å². The van der Waals surface area contributed by atoms with E-state index in [2.05, 4.69) is 22.5 Å². The summed E-state index contributed by atoms with van der Waals surface area (Å²) in [5.41, 5.74) is 0. The van der Waals surface area contributed by atoms with Crippen LogP contribution in [0.4, 0.5) is 0 Å². The van der Waals surface area contributed by atoms with E-state index in [1.807, 2.05) is 0 Å². The average Bonchev–Trinajstić information content (AvgIpc) is 2.36. The molecule has 0 radical (unpaired) electrons. The minimum absolute atomic E-state index is 0.0803. The number of carbonyl (C=O) groups excluding carboxylic acids is 1. The quantitative estimate of drug-likeness (QED) is 0.720. The molecule has 2 fully saturated rings. The SMILES string of the molecule is CCCC1CC(NCC2CCC2)CN(CCNC(C)=O)C1. The lowest BCUT2D eigenvalue weighted by atomic mass is 9.84. The van der Waals surface area contributed by atoms with E-state index in [4.69, 9.17) is 0 Å². The Hall–Kier alpha value is -0.610. The maximum atomic E-state index is 11.0. The molecular weight excluding hydrogens is 262 g/mol. The fourth-order valence-corrected chi connectivity index (χ4v) is 3.67. The third-order valence-electron chi connectivity index (χ3n) is 5.03. The molecule has 1 aliphatic heterocycles. The highest BCUT2D eigenvalue weighted by Crippen LogP contribution is 2.26. The van der Waals surface area contributed by atoms with Crippen molar-refractivity contribution in [1.29, 1.82) is 0 Å². The lowest BCUT2D eigenvalue weighted by Crippen LogP contribution is -2.51. The van der Waals surface area contributed by atoms with Crippen LogP contribution in [-0.4, -0.2) is 49.6 Å². The first-order valence-corrected chi connectivity index (χ1v) is 8.87. The van der Waals surface area contributed by atoms with Crippen molar-refractivity contribution in [2.75, 3.05) is 32.7 Å². The molecule has 1 amide bonds. The highest BCUT2D eigenvalue weighted by Gasteiger charge is 2.27. The Morgan fingerprint density at radius 2 is 2.05 bits per heavy atom. The summed E-state index contributed by atoms with van der Waals surface area (Å²) in [5.74, 6) is 1.83. The van der Waals surface area contributed by atoms with Crippen molar-refractivity contribution in [2.45, 2.75) is 58.4 Å². The molecule has 0 aromatic rings. The van der Waals surface area contributed by atoms with Crippen LogP contribution in [0.25, 0.3) is 0 Å². The van der Waals surface area contributed by atoms with Crippen LogP contribution in [0.1, 0.15) is 52.4 Å². The highest BCUT2D eigenvalue weighted by atomic mass is 16.1. The van der Waals surface area contributed by atoms with Gasteiger partial charge >= 0.3 is 0 Å². The Labute approximate surface area is 130 Å². The molecule has 0 bridgehead atoms. The van der Waals surface area contributed by atoms with Gasteiger partial charge in [-0.2, -0.15) is 0 Å². The predicted octanol–water partition coefficient (Wildman–Crippen LogP) is 2.00. The van der Waals surface area contributed by atoms with Crippen LogP contribution in [-0.2, 0) is 4.79 Å². The molecule has 21 heavy (non-hydrogen) atoms. The molecule has 2 atom stereocenters. The molecule has 1 saturated carbocycles. The monoisotopic (exact) mass is 295 g/mol. The first-order chi connectivity index (χ1) is 10.2. The highest BCUT2D eigenvalue weighted by molar-refractivity contribution is 5.72. The van der Waals surface area contributed by atoms with Gasteiger partial charge in [0.15, 0.2) is 0 Å². The third kappa shape index (κ3) is 5.95. The Kier molecular flexibility index (Phi) is 6.97. The zero-order valence-electron chi connectivity index (χ0n) is 13.9. The molecule has 0 aromatic heterocycles. The van der Waals surface area contributed by atoms with Crippen molar-refractivity contribution >= 4 is 5.91 Å². The summed E-state index contributed by atoms with van der Waals surface area (Å²) in [6.45, 7) is 9.21. The molecule has 0 aromatic carbocycles. The first kappa shape index (κ1) is 16.8. The fraction of sp³-hybridized carbons (Fsp3) is 0.941. The molecule has 2 unspecified atom stereocenters.